The highest BCUT2D eigenvalue weighted by Gasteiger charge is 2.33. The van der Waals surface area contributed by atoms with E-state index < -0.39 is 12.0 Å². The van der Waals surface area contributed by atoms with Gasteiger partial charge in [0.1, 0.15) is 5.69 Å². The molecule has 2 heterocycles. The van der Waals surface area contributed by atoms with E-state index in [1.165, 1.54) is 7.11 Å². The Kier molecular flexibility index (Phi) is 6.81. The Hall–Kier alpha value is -2.15. The summed E-state index contributed by atoms with van der Waals surface area (Å²) < 4.78 is 12.2. The lowest BCUT2D eigenvalue weighted by Gasteiger charge is -2.30. The average Bonchev–Trinajstić information content (AvgIpc) is 3.24. The quantitative estimate of drug-likeness (QED) is 0.538. The van der Waals surface area contributed by atoms with Gasteiger partial charge in [0.15, 0.2) is 5.78 Å². The molecule has 2 atom stereocenters. The van der Waals surface area contributed by atoms with E-state index in [1.54, 1.807) is 44.2 Å². The minimum atomic E-state index is -0.632. The second-order valence-electron chi connectivity index (χ2n) is 7.06. The maximum atomic E-state index is 13.3. The van der Waals surface area contributed by atoms with E-state index in [2.05, 4.69) is 0 Å². The zero-order valence-corrected chi connectivity index (χ0v) is 17.1. The van der Waals surface area contributed by atoms with Crippen molar-refractivity contribution in [3.63, 3.8) is 0 Å². The highest BCUT2D eigenvalue weighted by atomic mass is 16.5. The van der Waals surface area contributed by atoms with Crippen molar-refractivity contribution in [1.82, 2.24) is 9.47 Å². The summed E-state index contributed by atoms with van der Waals surface area (Å²) in [6, 6.07) is -0.632. The molecule has 0 spiro atoms. The molecule has 0 bridgehead atoms. The number of hydrogen-bond donors (Lipinski definition) is 0. The summed E-state index contributed by atoms with van der Waals surface area (Å²) in [5, 5.41) is 0. The van der Waals surface area contributed by atoms with Gasteiger partial charge >= 0.3 is 5.97 Å². The number of ether oxygens (including phenoxy) is 2. The zero-order valence-electron chi connectivity index (χ0n) is 17.1. The number of esters is 1. The van der Waals surface area contributed by atoms with Crippen molar-refractivity contribution in [3.05, 3.63) is 22.5 Å². The standard InChI is InChI=1S/C20H30N2O5/c1-7-16(23)22(11-15-9-8-10-27-15)14(4)19(24)17-12(2)18(20(25)26-6)21(5)13(17)3/h14-15H,7-11H2,1-6H3. The Balaban J connectivity index is 2.36. The summed E-state index contributed by atoms with van der Waals surface area (Å²) in [4.78, 5) is 39.5. The number of nitrogens with zero attached hydrogens (tertiary/aromatic N) is 2. The van der Waals surface area contributed by atoms with Gasteiger partial charge in [-0.1, -0.05) is 6.92 Å². The molecular formula is C20H30N2O5. The Morgan fingerprint density at radius 1 is 1.33 bits per heavy atom. The van der Waals surface area contributed by atoms with Crippen LogP contribution < -0.4 is 0 Å². The number of rotatable bonds is 7. The normalized spacial score (nSPS) is 17.6. The highest BCUT2D eigenvalue weighted by Crippen LogP contribution is 2.25. The molecule has 27 heavy (non-hydrogen) atoms. The van der Waals surface area contributed by atoms with E-state index in [0.29, 0.717) is 42.1 Å². The molecule has 1 fully saturated rings. The third-order valence-electron chi connectivity index (χ3n) is 5.45. The van der Waals surface area contributed by atoms with Crippen molar-refractivity contribution in [2.45, 2.75) is 59.1 Å². The van der Waals surface area contributed by atoms with Crippen LogP contribution in [0.3, 0.4) is 0 Å². The van der Waals surface area contributed by atoms with E-state index in [1.807, 2.05) is 0 Å². The molecule has 7 heteroatoms. The molecule has 1 aromatic heterocycles. The van der Waals surface area contributed by atoms with Crippen molar-refractivity contribution in [2.24, 2.45) is 7.05 Å². The third kappa shape index (κ3) is 4.08. The number of ketones is 1. The molecule has 150 valence electrons. The van der Waals surface area contributed by atoms with Gasteiger partial charge in [0.05, 0.1) is 19.3 Å². The molecule has 0 aromatic carbocycles. The van der Waals surface area contributed by atoms with Crippen molar-refractivity contribution >= 4 is 17.7 Å². The van der Waals surface area contributed by atoms with Gasteiger partial charge in [0.2, 0.25) is 5.91 Å². The number of Topliss-reactive ketones (excluding diaryl/α,β-unsaturated/α-hetero) is 1. The molecule has 1 amide bonds. The smallest absolute Gasteiger partial charge is 0.354 e. The topological polar surface area (TPSA) is 77.8 Å². The summed E-state index contributed by atoms with van der Waals surface area (Å²) in [6.07, 6.45) is 2.16. The minimum Gasteiger partial charge on any atom is -0.464 e. The average molecular weight is 378 g/mol. The summed E-state index contributed by atoms with van der Waals surface area (Å²) >= 11 is 0. The molecule has 0 saturated carbocycles. The van der Waals surface area contributed by atoms with Crippen molar-refractivity contribution < 1.29 is 23.9 Å². The lowest BCUT2D eigenvalue weighted by Crippen LogP contribution is -2.46. The second-order valence-corrected chi connectivity index (χ2v) is 7.06. The summed E-state index contributed by atoms with van der Waals surface area (Å²) in [6.45, 7) is 8.18. The van der Waals surface area contributed by atoms with Gasteiger partial charge < -0.3 is 18.9 Å². The summed E-state index contributed by atoms with van der Waals surface area (Å²) in [5.41, 5.74) is 2.11. The van der Waals surface area contributed by atoms with Crippen LogP contribution in [0.5, 0.6) is 0 Å². The first-order valence-electron chi connectivity index (χ1n) is 9.43. The maximum absolute atomic E-state index is 13.3. The predicted molar refractivity (Wildman–Crippen MR) is 101 cm³/mol. The van der Waals surface area contributed by atoms with Gasteiger partial charge in [-0.05, 0) is 39.2 Å². The molecule has 0 aliphatic carbocycles. The number of carbonyl (C=O) groups is 3. The fourth-order valence-corrected chi connectivity index (χ4v) is 3.76. The van der Waals surface area contributed by atoms with Crippen LogP contribution >= 0.6 is 0 Å². The molecule has 1 aromatic rings. The van der Waals surface area contributed by atoms with Crippen LogP contribution in [0.1, 0.15) is 65.2 Å². The highest BCUT2D eigenvalue weighted by molar-refractivity contribution is 6.06. The molecule has 1 aliphatic heterocycles. The first kappa shape index (κ1) is 21.2. The van der Waals surface area contributed by atoms with Crippen LogP contribution in [-0.2, 0) is 21.3 Å². The van der Waals surface area contributed by atoms with Crippen LogP contribution in [-0.4, -0.2) is 59.5 Å². The van der Waals surface area contributed by atoms with E-state index in [0.717, 1.165) is 12.8 Å². The zero-order chi connectivity index (χ0) is 20.3. The van der Waals surface area contributed by atoms with Gasteiger partial charge in [-0.15, -0.1) is 0 Å². The van der Waals surface area contributed by atoms with Gasteiger partial charge in [0.25, 0.3) is 0 Å². The van der Waals surface area contributed by atoms with Crippen LogP contribution in [0, 0.1) is 13.8 Å². The molecule has 1 saturated heterocycles. The Bertz CT molecular complexity index is 731. The summed E-state index contributed by atoms with van der Waals surface area (Å²) in [7, 11) is 3.05. The van der Waals surface area contributed by atoms with Gasteiger partial charge in [-0.2, -0.15) is 0 Å². The van der Waals surface area contributed by atoms with Crippen molar-refractivity contribution in [3.8, 4) is 0 Å². The second kappa shape index (κ2) is 8.69. The Morgan fingerprint density at radius 2 is 2.00 bits per heavy atom. The Morgan fingerprint density at radius 3 is 2.52 bits per heavy atom. The van der Waals surface area contributed by atoms with Crippen molar-refractivity contribution in [2.75, 3.05) is 20.3 Å². The van der Waals surface area contributed by atoms with E-state index in [9.17, 15) is 14.4 Å². The van der Waals surface area contributed by atoms with Crippen LogP contribution in [0.4, 0.5) is 0 Å². The number of hydrogen-bond acceptors (Lipinski definition) is 5. The van der Waals surface area contributed by atoms with Gasteiger partial charge in [-0.25, -0.2) is 4.79 Å². The number of carbonyl (C=O) groups excluding carboxylic acids is 3. The fourth-order valence-electron chi connectivity index (χ4n) is 3.76. The first-order valence-corrected chi connectivity index (χ1v) is 9.43. The third-order valence-corrected chi connectivity index (χ3v) is 5.45. The lowest BCUT2D eigenvalue weighted by atomic mass is 9.99. The predicted octanol–water partition coefficient (Wildman–Crippen LogP) is 2.42. The lowest BCUT2D eigenvalue weighted by molar-refractivity contribution is -0.133. The molecule has 0 radical (unpaired) electrons. The molecule has 7 nitrogen and oxygen atoms in total. The van der Waals surface area contributed by atoms with Gasteiger partial charge in [-0.3, -0.25) is 9.59 Å². The molecule has 1 aliphatic rings. The number of methoxy groups -OCH3 is 1. The molecule has 0 N–H and O–H groups in total. The van der Waals surface area contributed by atoms with Gasteiger partial charge in [0, 0.05) is 37.9 Å². The number of aromatic nitrogens is 1. The first-order chi connectivity index (χ1) is 12.7. The monoisotopic (exact) mass is 378 g/mol. The van der Waals surface area contributed by atoms with E-state index in [4.69, 9.17) is 9.47 Å². The van der Waals surface area contributed by atoms with Crippen molar-refractivity contribution in [1.29, 1.82) is 0 Å². The largest absolute Gasteiger partial charge is 0.464 e. The molecule has 2 unspecified atom stereocenters. The molecule has 2 rings (SSSR count). The Labute approximate surface area is 160 Å². The van der Waals surface area contributed by atoms with E-state index in [-0.39, 0.29) is 17.8 Å². The SMILES string of the molecule is CCC(=O)N(CC1CCCO1)C(C)C(=O)c1c(C)c(C(=O)OC)n(C)c1C. The van der Waals surface area contributed by atoms with E-state index >= 15 is 0 Å². The van der Waals surface area contributed by atoms with Crippen LogP contribution in [0.2, 0.25) is 0 Å². The summed E-state index contributed by atoms with van der Waals surface area (Å²) in [5.74, 6) is -0.730. The minimum absolute atomic E-state index is 0.0284. The fraction of sp³-hybridized carbons (Fsp3) is 0.650. The van der Waals surface area contributed by atoms with Crippen LogP contribution in [0.25, 0.3) is 0 Å². The molecular weight excluding hydrogens is 348 g/mol. The number of amides is 1. The van der Waals surface area contributed by atoms with Crippen LogP contribution in [0.15, 0.2) is 0 Å². The maximum Gasteiger partial charge on any atom is 0.354 e.